The molecule has 4 aliphatic heterocycles. The molecular formula is C23H44N8O12. The molecule has 17 atom stereocenters. The van der Waals surface area contributed by atoms with Crippen molar-refractivity contribution in [3.8, 4) is 0 Å². The van der Waals surface area contributed by atoms with Gasteiger partial charge in [-0.2, -0.15) is 0 Å². The fourth-order valence-electron chi connectivity index (χ4n) is 5.66. The largest absolute Gasteiger partial charge is 0.394 e. The van der Waals surface area contributed by atoms with Crippen LogP contribution in [0.2, 0.25) is 0 Å². The molecule has 4 heterocycles. The summed E-state index contributed by atoms with van der Waals surface area (Å²) in [6.45, 7) is -0.561. The topological polar surface area (TPSA) is 334 Å². The van der Waals surface area contributed by atoms with Crippen LogP contribution in [0.5, 0.6) is 0 Å². The second-order valence-corrected chi connectivity index (χ2v) is 10.8. The van der Waals surface area contributed by atoms with Crippen LogP contribution in [0.1, 0.15) is 12.8 Å². The van der Waals surface area contributed by atoms with Gasteiger partial charge < -0.3 is 87.0 Å². The van der Waals surface area contributed by atoms with Gasteiger partial charge >= 0.3 is 0 Å². The average molecular weight is 625 g/mol. The Kier molecular flexibility index (Phi) is 12.3. The maximum atomic E-state index is 11.2. The standard InChI is InChI=1S/C23H44N8O12/c1-36-17-16(18(20(28)43-19(17)27)42-21-8(30-31-29)3-2-7(4-24)37-21)41-23-14(35)15(10(6-32)39-23)40-22-11(26)13(34)12(33)9(5-25)38-22/h7-23,32-35H,2-6,24-28H2,1H3/t7-,8+,9-,10+,11+,12+,13+,14+,15+,16+,17+,18-,19+,20-,21+,22+,23-/m0/s1. The van der Waals surface area contributed by atoms with Crippen molar-refractivity contribution in [3.63, 3.8) is 0 Å². The number of methoxy groups -OCH3 is 1. The summed E-state index contributed by atoms with van der Waals surface area (Å²) < 4.78 is 46.6. The molecule has 0 aromatic rings. The number of nitrogens with zero attached hydrogens (tertiary/aromatic N) is 3. The summed E-state index contributed by atoms with van der Waals surface area (Å²) in [5, 5.41) is 45.5. The molecule has 0 amide bonds. The lowest BCUT2D eigenvalue weighted by atomic mass is 9.97. The highest BCUT2D eigenvalue weighted by Gasteiger charge is 2.54. The number of rotatable bonds is 11. The van der Waals surface area contributed by atoms with Gasteiger partial charge in [-0.15, -0.1) is 0 Å². The number of azide groups is 1. The Balaban J connectivity index is 1.53. The summed E-state index contributed by atoms with van der Waals surface area (Å²) in [5.74, 6) is 0. The zero-order chi connectivity index (χ0) is 31.4. The van der Waals surface area contributed by atoms with E-state index in [1.807, 2.05) is 0 Å². The Morgan fingerprint density at radius 3 is 2.05 bits per heavy atom. The second-order valence-electron chi connectivity index (χ2n) is 10.8. The van der Waals surface area contributed by atoms with Crippen molar-refractivity contribution in [1.82, 2.24) is 0 Å². The highest BCUT2D eigenvalue weighted by Crippen LogP contribution is 2.34. The summed E-state index contributed by atoms with van der Waals surface area (Å²) in [5.41, 5.74) is 38.9. The van der Waals surface area contributed by atoms with E-state index in [1.54, 1.807) is 0 Å². The van der Waals surface area contributed by atoms with Crippen molar-refractivity contribution >= 4 is 0 Å². The van der Waals surface area contributed by atoms with E-state index >= 15 is 0 Å². The third kappa shape index (κ3) is 7.38. The minimum Gasteiger partial charge on any atom is -0.394 e. The van der Waals surface area contributed by atoms with E-state index in [0.717, 1.165) is 0 Å². The number of aliphatic hydroxyl groups excluding tert-OH is 4. The van der Waals surface area contributed by atoms with Crippen LogP contribution in [0.4, 0.5) is 0 Å². The van der Waals surface area contributed by atoms with Gasteiger partial charge in [-0.25, -0.2) is 0 Å². The summed E-state index contributed by atoms with van der Waals surface area (Å²) in [6, 6.07) is -1.93. The lowest BCUT2D eigenvalue weighted by Gasteiger charge is -2.46. The molecule has 0 unspecified atom stereocenters. The van der Waals surface area contributed by atoms with E-state index in [1.165, 1.54) is 7.11 Å². The number of ether oxygens (including phenoxy) is 8. The number of aliphatic hydroxyl groups is 4. The van der Waals surface area contributed by atoms with Crippen LogP contribution in [-0.4, -0.2) is 152 Å². The van der Waals surface area contributed by atoms with Crippen molar-refractivity contribution in [2.24, 2.45) is 33.8 Å². The Bertz CT molecular complexity index is 939. The molecule has 14 N–H and O–H groups in total. The quantitative estimate of drug-likeness (QED) is 0.0588. The molecule has 0 radical (unpaired) electrons. The molecule has 0 spiro atoms. The molecule has 4 saturated heterocycles. The van der Waals surface area contributed by atoms with Crippen LogP contribution in [0.3, 0.4) is 0 Å². The smallest absolute Gasteiger partial charge is 0.187 e. The van der Waals surface area contributed by atoms with Crippen LogP contribution in [0.25, 0.3) is 10.4 Å². The third-order valence-electron chi connectivity index (χ3n) is 8.09. The molecule has 0 saturated carbocycles. The highest BCUT2D eigenvalue weighted by atomic mass is 16.8. The Labute approximate surface area is 247 Å². The maximum Gasteiger partial charge on any atom is 0.187 e. The van der Waals surface area contributed by atoms with E-state index in [4.69, 9.17) is 72.1 Å². The Hall–Kier alpha value is -1.37. The number of nitrogens with two attached hydrogens (primary N) is 5. The van der Waals surface area contributed by atoms with E-state index in [-0.39, 0.29) is 19.2 Å². The fourth-order valence-corrected chi connectivity index (χ4v) is 5.66. The number of hydrogen-bond acceptors (Lipinski definition) is 18. The first kappa shape index (κ1) is 34.5. The molecule has 4 fully saturated rings. The van der Waals surface area contributed by atoms with Gasteiger partial charge in [-0.05, 0) is 18.4 Å². The van der Waals surface area contributed by atoms with Crippen molar-refractivity contribution in [2.45, 2.75) is 117 Å². The lowest BCUT2D eigenvalue weighted by molar-refractivity contribution is -0.325. The van der Waals surface area contributed by atoms with Crippen molar-refractivity contribution in [2.75, 3.05) is 26.8 Å². The van der Waals surface area contributed by atoms with E-state index < -0.39 is 105 Å². The van der Waals surface area contributed by atoms with Crippen LogP contribution < -0.4 is 28.7 Å². The van der Waals surface area contributed by atoms with Gasteiger partial charge in [-0.1, -0.05) is 5.11 Å². The minimum atomic E-state index is -1.55. The predicted octanol–water partition coefficient (Wildman–Crippen LogP) is -5.29. The molecule has 43 heavy (non-hydrogen) atoms. The Morgan fingerprint density at radius 1 is 0.767 bits per heavy atom. The first-order chi connectivity index (χ1) is 20.6. The van der Waals surface area contributed by atoms with Crippen LogP contribution >= 0.6 is 0 Å². The highest BCUT2D eigenvalue weighted by molar-refractivity contribution is 4.97. The van der Waals surface area contributed by atoms with Crippen molar-refractivity contribution < 1.29 is 58.3 Å². The van der Waals surface area contributed by atoms with Gasteiger partial charge in [0.2, 0.25) is 0 Å². The normalized spacial score (nSPS) is 49.0. The van der Waals surface area contributed by atoms with E-state index in [0.29, 0.717) is 12.8 Å². The number of hydrogen-bond donors (Lipinski definition) is 9. The third-order valence-corrected chi connectivity index (χ3v) is 8.09. The Morgan fingerprint density at radius 2 is 1.42 bits per heavy atom. The van der Waals surface area contributed by atoms with Gasteiger partial charge in [-0.3, -0.25) is 0 Å². The van der Waals surface area contributed by atoms with Crippen molar-refractivity contribution in [3.05, 3.63) is 10.4 Å². The molecule has 4 aliphatic rings. The summed E-state index contributed by atoms with van der Waals surface area (Å²) in [7, 11) is 1.35. The molecule has 0 aromatic carbocycles. The van der Waals surface area contributed by atoms with Gasteiger partial charge in [0.15, 0.2) is 18.9 Å². The first-order valence-electron chi connectivity index (χ1n) is 14.1. The van der Waals surface area contributed by atoms with Gasteiger partial charge in [0, 0.05) is 25.1 Å². The van der Waals surface area contributed by atoms with Crippen LogP contribution in [0, 0.1) is 0 Å². The zero-order valence-electron chi connectivity index (χ0n) is 23.6. The van der Waals surface area contributed by atoms with Gasteiger partial charge in [0.05, 0.1) is 24.8 Å². The summed E-state index contributed by atoms with van der Waals surface area (Å²) >= 11 is 0. The molecule has 248 valence electrons. The van der Waals surface area contributed by atoms with Crippen molar-refractivity contribution in [1.29, 1.82) is 0 Å². The molecule has 20 heteroatoms. The first-order valence-corrected chi connectivity index (χ1v) is 14.1. The average Bonchev–Trinajstić information content (AvgIpc) is 3.29. The lowest BCUT2D eigenvalue weighted by Crippen LogP contribution is -2.67. The molecule has 20 nitrogen and oxygen atoms in total. The molecule has 0 bridgehead atoms. The van der Waals surface area contributed by atoms with Crippen LogP contribution in [0.15, 0.2) is 5.11 Å². The van der Waals surface area contributed by atoms with Crippen LogP contribution in [-0.2, 0) is 37.9 Å². The SMILES string of the molecule is CO[C@@H]1[C@@H](O[C@@H]2O[C@H](CO)[C@@H](O[C@H]3O[C@@H](CN)[C@@H](O)[C@H](O)[C@H]3N)[C@H]2O)[C@H](O[C@H]2O[C@H](CN)CC[C@H]2N=[N+]=[N-])[C@@H](N)O[C@H]1N. The second kappa shape index (κ2) is 15.3. The predicted molar refractivity (Wildman–Crippen MR) is 142 cm³/mol. The van der Waals surface area contributed by atoms with E-state index in [9.17, 15) is 20.4 Å². The van der Waals surface area contributed by atoms with E-state index in [2.05, 4.69) is 10.0 Å². The molecular weight excluding hydrogens is 580 g/mol. The summed E-state index contributed by atoms with van der Waals surface area (Å²) in [4.78, 5) is 2.88. The molecule has 4 rings (SSSR count). The summed E-state index contributed by atoms with van der Waals surface area (Å²) in [6.07, 6.45) is -16.6. The zero-order valence-corrected chi connectivity index (χ0v) is 23.6. The fraction of sp³-hybridized carbons (Fsp3) is 1.00. The minimum absolute atomic E-state index is 0.148. The van der Waals surface area contributed by atoms with Gasteiger partial charge in [0.1, 0.15) is 67.4 Å². The van der Waals surface area contributed by atoms with Gasteiger partial charge in [0.25, 0.3) is 0 Å². The monoisotopic (exact) mass is 624 g/mol. The molecule has 0 aliphatic carbocycles. The maximum absolute atomic E-state index is 11.2. The molecule has 0 aromatic heterocycles.